The molecule has 1 unspecified atom stereocenters. The lowest BCUT2D eigenvalue weighted by Crippen LogP contribution is -2.58. The second-order valence-electron chi connectivity index (χ2n) is 7.25. The van der Waals surface area contributed by atoms with E-state index in [1.165, 1.54) is 22.9 Å². The zero-order valence-electron chi connectivity index (χ0n) is 16.6. The van der Waals surface area contributed by atoms with Gasteiger partial charge in [0.25, 0.3) is 0 Å². The molecule has 0 aliphatic carbocycles. The molecule has 0 radical (unpaired) electrons. The fourth-order valence-electron chi connectivity index (χ4n) is 3.88. The minimum Gasteiger partial charge on any atom is -0.344 e. The topological polar surface area (TPSA) is 68.0 Å². The van der Waals surface area contributed by atoms with Crippen LogP contribution < -0.4 is 10.5 Å². The molecule has 0 saturated carbocycles. The fraction of sp³-hybridized carbons (Fsp3) is 0.400. The van der Waals surface area contributed by atoms with Crippen LogP contribution in [0.3, 0.4) is 0 Å². The molecule has 1 atom stereocenters. The molecule has 1 fully saturated rings. The summed E-state index contributed by atoms with van der Waals surface area (Å²) >= 11 is 1.40. The number of aromatic nitrogens is 3. The fourth-order valence-corrected chi connectivity index (χ4v) is 4.70. The zero-order valence-corrected chi connectivity index (χ0v) is 17.4. The predicted molar refractivity (Wildman–Crippen MR) is 114 cm³/mol. The van der Waals surface area contributed by atoms with Gasteiger partial charge in [0.15, 0.2) is 0 Å². The van der Waals surface area contributed by atoms with E-state index in [1.807, 2.05) is 19.9 Å². The van der Waals surface area contributed by atoms with Gasteiger partial charge < -0.3 is 14.9 Å². The molecule has 0 spiro atoms. The minimum absolute atomic E-state index is 0.148. The molecule has 160 valence electrons. The second-order valence-corrected chi connectivity index (χ2v) is 8.60. The summed E-state index contributed by atoms with van der Waals surface area (Å²) in [6, 6.07) is 5.03. The molecule has 4 rings (SSSR count). The van der Waals surface area contributed by atoms with E-state index >= 15 is 0 Å². The predicted octanol–water partition coefficient (Wildman–Crippen LogP) is 3.95. The van der Waals surface area contributed by atoms with E-state index in [1.54, 1.807) is 22.6 Å². The van der Waals surface area contributed by atoms with Crippen molar-refractivity contribution in [2.45, 2.75) is 26.1 Å². The van der Waals surface area contributed by atoms with Crippen LogP contribution in [0.25, 0.3) is 22.2 Å². The molecule has 0 bridgehead atoms. The number of aryl methyl sites for hydroxylation is 1. The third-order valence-corrected chi connectivity index (χ3v) is 6.10. The van der Waals surface area contributed by atoms with Crippen molar-refractivity contribution in [3.63, 3.8) is 0 Å². The van der Waals surface area contributed by atoms with Crippen molar-refractivity contribution in [3.8, 4) is 11.1 Å². The first-order chi connectivity index (χ1) is 14.3. The van der Waals surface area contributed by atoms with Crippen molar-refractivity contribution in [2.75, 3.05) is 30.3 Å². The number of alkyl halides is 3. The Morgan fingerprint density at radius 2 is 2.03 bits per heavy atom. The zero-order chi connectivity index (χ0) is 21.5. The normalized spacial score (nSPS) is 18.3. The van der Waals surface area contributed by atoms with Gasteiger partial charge in [-0.05, 0) is 36.2 Å². The highest BCUT2D eigenvalue weighted by atomic mass is 32.2. The number of pyridine rings is 2. The summed E-state index contributed by atoms with van der Waals surface area (Å²) in [6.07, 6.45) is -2.80. The standard InChI is InChI=1S/C20H22F3N5OS/c1-3-30-27-6-7-28(16(11-27)20(21,22)23)17-9-13(10-18(29)26-17)14-4-5-24-19-15(14)8-12(2)25-19/h4-5,8-10,16H,3,6-7,11H2,1-2H3,(H,24,25)(H,26,29). The Hall–Kier alpha value is -2.46. The van der Waals surface area contributed by atoms with Crippen LogP contribution >= 0.6 is 11.9 Å². The lowest BCUT2D eigenvalue weighted by atomic mass is 10.0. The summed E-state index contributed by atoms with van der Waals surface area (Å²) in [5, 5.41) is 0.822. The molecule has 6 nitrogen and oxygen atoms in total. The second kappa shape index (κ2) is 7.99. The Morgan fingerprint density at radius 1 is 1.23 bits per heavy atom. The lowest BCUT2D eigenvalue weighted by Gasteiger charge is -2.42. The highest BCUT2D eigenvalue weighted by Gasteiger charge is 2.47. The summed E-state index contributed by atoms with van der Waals surface area (Å²) in [4.78, 5) is 23.7. The largest absolute Gasteiger partial charge is 0.410 e. The molecule has 4 heterocycles. The van der Waals surface area contributed by atoms with Gasteiger partial charge in [-0.1, -0.05) is 18.9 Å². The first-order valence-electron chi connectivity index (χ1n) is 9.66. The number of rotatable bonds is 4. The Morgan fingerprint density at radius 3 is 2.77 bits per heavy atom. The van der Waals surface area contributed by atoms with Gasteiger partial charge in [0.2, 0.25) is 5.56 Å². The number of anilines is 1. The molecule has 30 heavy (non-hydrogen) atoms. The average Bonchev–Trinajstić information content (AvgIpc) is 3.07. The van der Waals surface area contributed by atoms with Crippen LogP contribution in [-0.2, 0) is 0 Å². The smallest absolute Gasteiger partial charge is 0.344 e. The van der Waals surface area contributed by atoms with E-state index < -0.39 is 17.8 Å². The van der Waals surface area contributed by atoms with Gasteiger partial charge in [-0.2, -0.15) is 13.2 Å². The SMILES string of the molecule is CCSN1CCN(c2cc(-c3ccnc4[nH]c(C)cc34)cc(=O)[nH]2)C(C(F)(F)F)C1. The Bertz CT molecular complexity index is 1110. The summed E-state index contributed by atoms with van der Waals surface area (Å²) in [5.74, 6) is 0.892. The van der Waals surface area contributed by atoms with E-state index in [2.05, 4.69) is 15.0 Å². The van der Waals surface area contributed by atoms with Crippen molar-refractivity contribution in [1.29, 1.82) is 0 Å². The maximum Gasteiger partial charge on any atom is 0.410 e. The highest BCUT2D eigenvalue weighted by molar-refractivity contribution is 7.96. The van der Waals surface area contributed by atoms with Crippen LogP contribution in [0.5, 0.6) is 0 Å². The average molecular weight is 437 g/mol. The molecule has 0 amide bonds. The number of fused-ring (bicyclic) bond motifs is 1. The van der Waals surface area contributed by atoms with Gasteiger partial charge >= 0.3 is 6.18 Å². The number of aromatic amines is 2. The van der Waals surface area contributed by atoms with Crippen molar-refractivity contribution in [3.05, 3.63) is 46.5 Å². The molecular formula is C20H22F3N5OS. The summed E-state index contributed by atoms with van der Waals surface area (Å²) in [7, 11) is 0. The van der Waals surface area contributed by atoms with Crippen LogP contribution in [0.4, 0.5) is 19.0 Å². The molecule has 0 aromatic carbocycles. The summed E-state index contributed by atoms with van der Waals surface area (Å²) < 4.78 is 43.3. The van der Waals surface area contributed by atoms with Crippen LogP contribution in [0.2, 0.25) is 0 Å². The molecule has 2 N–H and O–H groups in total. The quantitative estimate of drug-likeness (QED) is 0.605. The van der Waals surface area contributed by atoms with Gasteiger partial charge in [0.05, 0.1) is 0 Å². The van der Waals surface area contributed by atoms with Crippen LogP contribution in [0, 0.1) is 6.92 Å². The Kier molecular flexibility index (Phi) is 5.54. The number of H-pyrrole nitrogens is 2. The summed E-state index contributed by atoms with van der Waals surface area (Å²) in [6.45, 7) is 4.32. The number of halogens is 3. The first kappa shape index (κ1) is 20.8. The first-order valence-corrected chi connectivity index (χ1v) is 10.6. The van der Waals surface area contributed by atoms with E-state index in [0.29, 0.717) is 23.5 Å². The molecule has 1 aliphatic rings. The number of hydrogen-bond acceptors (Lipinski definition) is 5. The Labute approximate surface area is 175 Å². The van der Waals surface area contributed by atoms with Crippen molar-refractivity contribution in [1.82, 2.24) is 19.3 Å². The van der Waals surface area contributed by atoms with Gasteiger partial charge in [-0.15, -0.1) is 0 Å². The van der Waals surface area contributed by atoms with Crippen molar-refractivity contribution >= 4 is 28.8 Å². The molecular weight excluding hydrogens is 415 g/mol. The third-order valence-electron chi connectivity index (χ3n) is 5.15. The van der Waals surface area contributed by atoms with E-state index in [0.717, 1.165) is 16.6 Å². The molecule has 1 saturated heterocycles. The van der Waals surface area contributed by atoms with Gasteiger partial charge in [-0.25, -0.2) is 9.29 Å². The lowest BCUT2D eigenvalue weighted by molar-refractivity contribution is -0.153. The number of nitrogens with zero attached hydrogens (tertiary/aromatic N) is 3. The number of nitrogens with one attached hydrogen (secondary N) is 2. The van der Waals surface area contributed by atoms with Crippen molar-refractivity contribution < 1.29 is 13.2 Å². The molecule has 3 aromatic rings. The van der Waals surface area contributed by atoms with E-state index in [-0.39, 0.29) is 18.9 Å². The minimum atomic E-state index is -4.42. The van der Waals surface area contributed by atoms with Crippen LogP contribution in [0.1, 0.15) is 12.6 Å². The van der Waals surface area contributed by atoms with E-state index in [4.69, 9.17) is 0 Å². The maximum atomic E-state index is 13.8. The summed E-state index contributed by atoms with van der Waals surface area (Å²) in [5.41, 5.74) is 2.46. The number of piperazine rings is 1. The molecule has 1 aliphatic heterocycles. The Balaban J connectivity index is 1.76. The monoisotopic (exact) mass is 437 g/mol. The number of hydrogen-bond donors (Lipinski definition) is 2. The van der Waals surface area contributed by atoms with E-state index in [9.17, 15) is 18.0 Å². The van der Waals surface area contributed by atoms with Gasteiger partial charge in [0, 0.05) is 48.7 Å². The third kappa shape index (κ3) is 4.06. The van der Waals surface area contributed by atoms with Crippen LogP contribution in [-0.4, -0.2) is 56.9 Å². The highest BCUT2D eigenvalue weighted by Crippen LogP contribution is 2.34. The maximum absolute atomic E-state index is 13.8. The van der Waals surface area contributed by atoms with Gasteiger partial charge in [0.1, 0.15) is 17.5 Å². The molecule has 10 heteroatoms. The van der Waals surface area contributed by atoms with Crippen LogP contribution in [0.15, 0.2) is 35.3 Å². The van der Waals surface area contributed by atoms with Crippen molar-refractivity contribution in [2.24, 2.45) is 0 Å². The molecule has 3 aromatic heterocycles. The van der Waals surface area contributed by atoms with Gasteiger partial charge in [-0.3, -0.25) is 4.79 Å².